The maximum Gasteiger partial charge on any atom is 0.261 e. The fourth-order valence-corrected chi connectivity index (χ4v) is 5.79. The van der Waals surface area contributed by atoms with Crippen LogP contribution in [0.3, 0.4) is 0 Å². The van der Waals surface area contributed by atoms with Gasteiger partial charge in [0, 0.05) is 48.4 Å². The molecule has 1 atom stereocenters. The van der Waals surface area contributed by atoms with Crippen molar-refractivity contribution >= 4 is 21.5 Å². The van der Waals surface area contributed by atoms with Gasteiger partial charge < -0.3 is 9.84 Å². The Balaban J connectivity index is 1.33. The fourth-order valence-electron chi connectivity index (χ4n) is 4.73. The highest BCUT2D eigenvalue weighted by atomic mass is 32.2. The summed E-state index contributed by atoms with van der Waals surface area (Å²) in [6.45, 7) is 1.29. The summed E-state index contributed by atoms with van der Waals surface area (Å²) in [5.41, 5.74) is -0.147. The number of halogens is 2. The van der Waals surface area contributed by atoms with Crippen molar-refractivity contribution in [3.63, 3.8) is 0 Å². The average molecular weight is 581 g/mol. The summed E-state index contributed by atoms with van der Waals surface area (Å²) in [6.07, 6.45) is 1.32. The van der Waals surface area contributed by atoms with Crippen molar-refractivity contribution in [1.29, 1.82) is 0 Å². The maximum absolute atomic E-state index is 14.8. The molecule has 1 aliphatic heterocycles. The minimum absolute atomic E-state index is 0.102. The molecule has 5 rings (SSSR count). The number of anilines is 1. The summed E-state index contributed by atoms with van der Waals surface area (Å²) in [4.78, 5) is 25.0. The van der Waals surface area contributed by atoms with Crippen LogP contribution in [0.4, 0.5) is 14.5 Å². The Morgan fingerprint density at radius 3 is 2.29 bits per heavy atom. The molecule has 3 aromatic carbocycles. The van der Waals surface area contributed by atoms with Gasteiger partial charge in [-0.1, -0.05) is 30.3 Å². The van der Waals surface area contributed by atoms with Gasteiger partial charge in [0.05, 0.1) is 10.6 Å². The number of rotatable bonds is 8. The van der Waals surface area contributed by atoms with Gasteiger partial charge >= 0.3 is 0 Å². The van der Waals surface area contributed by atoms with Crippen molar-refractivity contribution < 1.29 is 31.8 Å². The van der Waals surface area contributed by atoms with E-state index in [1.165, 1.54) is 41.0 Å². The smallest absolute Gasteiger partial charge is 0.261 e. The number of pyridine rings is 1. The molecule has 11 heteroatoms. The lowest BCUT2D eigenvalue weighted by atomic mass is 9.92. The number of aliphatic hydroxyl groups excluding tert-OH is 1. The standard InChI is InChI=1S/C30H26F2N2O6S/c31-25-18-27(26(32)17-24(25)30(37)29(36)20-4-2-1-3-5-20)33-41(38,39)23-8-6-22(7-9-23)34-13-10-21(16-28(34)35)19-11-14-40-15-12-19/h1-10,13,16-19,30,33,37H,11-12,14-15H2. The van der Waals surface area contributed by atoms with Gasteiger partial charge in [0.2, 0.25) is 0 Å². The van der Waals surface area contributed by atoms with Gasteiger partial charge in [-0.25, -0.2) is 17.2 Å². The molecule has 0 saturated carbocycles. The van der Waals surface area contributed by atoms with Gasteiger partial charge in [0.1, 0.15) is 17.7 Å². The van der Waals surface area contributed by atoms with Gasteiger partial charge in [0.15, 0.2) is 5.78 Å². The number of hydrogen-bond donors (Lipinski definition) is 2. The van der Waals surface area contributed by atoms with Crippen LogP contribution in [0, 0.1) is 11.6 Å². The van der Waals surface area contributed by atoms with Crippen LogP contribution in [-0.2, 0) is 14.8 Å². The second-order valence-corrected chi connectivity index (χ2v) is 11.3. The number of sulfonamides is 1. The molecule has 2 heterocycles. The number of nitrogens with zero attached hydrogens (tertiary/aromatic N) is 1. The van der Waals surface area contributed by atoms with Crippen LogP contribution in [-0.4, -0.2) is 37.1 Å². The molecule has 1 aromatic heterocycles. The lowest BCUT2D eigenvalue weighted by Crippen LogP contribution is -2.21. The van der Waals surface area contributed by atoms with Crippen molar-refractivity contribution in [2.24, 2.45) is 0 Å². The van der Waals surface area contributed by atoms with Crippen molar-refractivity contribution in [3.8, 4) is 5.69 Å². The molecule has 41 heavy (non-hydrogen) atoms. The Morgan fingerprint density at radius 1 is 0.951 bits per heavy atom. The molecule has 1 fully saturated rings. The van der Waals surface area contributed by atoms with E-state index < -0.39 is 44.8 Å². The maximum atomic E-state index is 14.8. The number of carbonyl (C=O) groups excluding carboxylic acids is 1. The first-order valence-electron chi connectivity index (χ1n) is 12.8. The van der Waals surface area contributed by atoms with Crippen LogP contribution in [0.5, 0.6) is 0 Å². The molecule has 0 aliphatic carbocycles. The van der Waals surface area contributed by atoms with E-state index in [-0.39, 0.29) is 21.9 Å². The molecular weight excluding hydrogens is 554 g/mol. The van der Waals surface area contributed by atoms with Crippen LogP contribution < -0.4 is 10.3 Å². The highest BCUT2D eigenvalue weighted by Gasteiger charge is 2.26. The van der Waals surface area contributed by atoms with E-state index in [1.807, 2.05) is 10.8 Å². The zero-order valence-corrected chi connectivity index (χ0v) is 22.5. The summed E-state index contributed by atoms with van der Waals surface area (Å²) < 4.78 is 64.3. The third-order valence-corrected chi connectivity index (χ3v) is 8.37. The van der Waals surface area contributed by atoms with Crippen LogP contribution in [0.2, 0.25) is 0 Å². The van der Waals surface area contributed by atoms with E-state index in [1.54, 1.807) is 30.5 Å². The second kappa shape index (κ2) is 11.7. The lowest BCUT2D eigenvalue weighted by molar-refractivity contribution is 0.0740. The summed E-state index contributed by atoms with van der Waals surface area (Å²) in [6, 6.07) is 17.5. The molecule has 2 N–H and O–H groups in total. The van der Waals surface area contributed by atoms with Crippen LogP contribution in [0.1, 0.15) is 46.3 Å². The zero-order chi connectivity index (χ0) is 29.1. The van der Waals surface area contributed by atoms with Gasteiger partial charge in [-0.05, 0) is 60.7 Å². The molecule has 0 radical (unpaired) electrons. The van der Waals surface area contributed by atoms with E-state index >= 15 is 0 Å². The predicted molar refractivity (Wildman–Crippen MR) is 148 cm³/mol. The minimum atomic E-state index is -4.36. The Bertz CT molecular complexity index is 1740. The Labute approximate surface area is 234 Å². The predicted octanol–water partition coefficient (Wildman–Crippen LogP) is 4.73. The average Bonchev–Trinajstić information content (AvgIpc) is 2.99. The van der Waals surface area contributed by atoms with Crippen LogP contribution in [0.25, 0.3) is 5.69 Å². The van der Waals surface area contributed by atoms with Gasteiger partial charge in [-0.2, -0.15) is 0 Å². The molecule has 4 aromatic rings. The van der Waals surface area contributed by atoms with Crippen LogP contribution in [0.15, 0.2) is 94.7 Å². The van der Waals surface area contributed by atoms with E-state index in [2.05, 4.69) is 0 Å². The number of nitrogens with one attached hydrogen (secondary N) is 1. The highest BCUT2D eigenvalue weighted by molar-refractivity contribution is 7.92. The molecule has 0 amide bonds. The Kier molecular flexibility index (Phi) is 8.11. The monoisotopic (exact) mass is 580 g/mol. The number of benzene rings is 3. The van der Waals surface area contributed by atoms with Crippen molar-refractivity contribution in [1.82, 2.24) is 4.57 Å². The van der Waals surface area contributed by atoms with Crippen molar-refractivity contribution in [3.05, 3.63) is 124 Å². The van der Waals surface area contributed by atoms with Crippen LogP contribution >= 0.6 is 0 Å². The SMILES string of the molecule is O=C(c1ccccc1)C(O)c1cc(F)c(NS(=O)(=O)c2ccc(-n3ccc(C4CCOCC4)cc3=O)cc2)cc1F. The Morgan fingerprint density at radius 2 is 1.63 bits per heavy atom. The molecule has 212 valence electrons. The number of aromatic nitrogens is 1. The van der Waals surface area contributed by atoms with Gasteiger partial charge in [-0.15, -0.1) is 0 Å². The topological polar surface area (TPSA) is 115 Å². The van der Waals surface area contributed by atoms with Gasteiger partial charge in [-0.3, -0.25) is 18.9 Å². The van der Waals surface area contributed by atoms with E-state index in [0.717, 1.165) is 18.4 Å². The summed E-state index contributed by atoms with van der Waals surface area (Å²) in [7, 11) is -4.36. The molecule has 8 nitrogen and oxygen atoms in total. The number of aliphatic hydroxyl groups is 1. The summed E-state index contributed by atoms with van der Waals surface area (Å²) in [5, 5.41) is 10.3. The number of Topliss-reactive ketones (excluding diaryl/α,β-unsaturated/α-hetero) is 1. The first-order chi connectivity index (χ1) is 19.6. The van der Waals surface area contributed by atoms with E-state index in [0.29, 0.717) is 31.0 Å². The largest absolute Gasteiger partial charge is 0.381 e. The fraction of sp³-hybridized carbons (Fsp3) is 0.200. The first-order valence-corrected chi connectivity index (χ1v) is 14.3. The normalized spacial score (nSPS) is 14.9. The third-order valence-electron chi connectivity index (χ3n) is 6.99. The number of ether oxygens (including phenoxy) is 1. The van der Waals surface area contributed by atoms with Crippen molar-refractivity contribution in [2.45, 2.75) is 29.8 Å². The quantitative estimate of drug-likeness (QED) is 0.292. The molecule has 1 unspecified atom stereocenters. The molecule has 1 saturated heterocycles. The third kappa shape index (κ3) is 6.12. The lowest BCUT2D eigenvalue weighted by Gasteiger charge is -2.22. The highest BCUT2D eigenvalue weighted by Crippen LogP contribution is 2.29. The molecule has 0 bridgehead atoms. The minimum Gasteiger partial charge on any atom is -0.381 e. The number of carbonyl (C=O) groups is 1. The number of hydrogen-bond acceptors (Lipinski definition) is 6. The van der Waals surface area contributed by atoms with Crippen molar-refractivity contribution in [2.75, 3.05) is 17.9 Å². The second-order valence-electron chi connectivity index (χ2n) is 9.64. The van der Waals surface area contributed by atoms with Gasteiger partial charge in [0.25, 0.3) is 15.6 Å². The number of ketones is 1. The molecule has 1 aliphatic rings. The summed E-state index contributed by atoms with van der Waals surface area (Å²) in [5.74, 6) is -2.94. The molecular formula is C30H26F2N2O6S. The first kappa shape index (κ1) is 28.3. The van der Waals surface area contributed by atoms with E-state index in [4.69, 9.17) is 4.74 Å². The zero-order valence-electron chi connectivity index (χ0n) is 21.7. The Hall–Kier alpha value is -4.19. The van der Waals surface area contributed by atoms with E-state index in [9.17, 15) is 31.9 Å². The molecule has 0 spiro atoms. The summed E-state index contributed by atoms with van der Waals surface area (Å²) >= 11 is 0.